The van der Waals surface area contributed by atoms with E-state index in [1.54, 1.807) is 32.0 Å². The van der Waals surface area contributed by atoms with Gasteiger partial charge in [0.15, 0.2) is 6.10 Å². The van der Waals surface area contributed by atoms with Crippen molar-refractivity contribution in [3.05, 3.63) is 61.5 Å². The van der Waals surface area contributed by atoms with Crippen molar-refractivity contribution in [2.45, 2.75) is 46.6 Å². The van der Waals surface area contributed by atoms with Gasteiger partial charge in [-0.15, -0.1) is 0 Å². The largest absolute Gasteiger partial charge is 0.453 e. The molecule has 0 radical (unpaired) electrons. The van der Waals surface area contributed by atoms with Crippen molar-refractivity contribution in [2.24, 2.45) is 0 Å². The van der Waals surface area contributed by atoms with Crippen molar-refractivity contribution in [3.63, 3.8) is 0 Å². The monoisotopic (exact) mass is 415 g/mol. The van der Waals surface area contributed by atoms with Gasteiger partial charge in [0, 0.05) is 22.8 Å². The fraction of sp³-hybridized carbons (Fsp3) is 0.333. The second kappa shape index (κ2) is 9.39. The Balaban J connectivity index is 1.99. The van der Waals surface area contributed by atoms with Crippen molar-refractivity contribution in [3.8, 4) is 6.07 Å². The molecule has 2 N–H and O–H groups in total. The predicted molar refractivity (Wildman–Crippen MR) is 110 cm³/mol. The number of aromatic amines is 1. The molecule has 1 amide bonds. The molecule has 7 nitrogen and oxygen atoms in total. The number of halogens is 1. The van der Waals surface area contributed by atoms with Crippen molar-refractivity contribution >= 4 is 29.2 Å². The van der Waals surface area contributed by atoms with Crippen LogP contribution in [0, 0.1) is 32.1 Å². The maximum atomic E-state index is 12.3. The lowest BCUT2D eigenvalue weighted by Crippen LogP contribution is -2.30. The van der Waals surface area contributed by atoms with E-state index in [0.717, 1.165) is 5.56 Å². The zero-order chi connectivity index (χ0) is 21.7. The molecule has 0 aliphatic heterocycles. The highest BCUT2D eigenvalue weighted by Gasteiger charge is 2.20. The van der Waals surface area contributed by atoms with Gasteiger partial charge >= 0.3 is 5.97 Å². The van der Waals surface area contributed by atoms with Crippen LogP contribution < -0.4 is 10.9 Å². The summed E-state index contributed by atoms with van der Waals surface area (Å²) in [6, 6.07) is 6.99. The maximum absolute atomic E-state index is 12.3. The fourth-order valence-corrected chi connectivity index (χ4v) is 3.09. The summed E-state index contributed by atoms with van der Waals surface area (Å²) >= 11 is 5.94. The van der Waals surface area contributed by atoms with Gasteiger partial charge in [-0.25, -0.2) is 0 Å². The Morgan fingerprint density at radius 3 is 2.66 bits per heavy atom. The van der Waals surface area contributed by atoms with E-state index < -0.39 is 23.5 Å². The third-order valence-electron chi connectivity index (χ3n) is 4.63. The van der Waals surface area contributed by atoms with Crippen LogP contribution in [0.25, 0.3) is 0 Å². The first-order valence-electron chi connectivity index (χ1n) is 9.03. The van der Waals surface area contributed by atoms with Gasteiger partial charge in [-0.1, -0.05) is 17.7 Å². The number of benzene rings is 1. The number of aryl methyl sites for hydroxylation is 2. The number of nitrogens with zero attached hydrogens (tertiary/aromatic N) is 1. The van der Waals surface area contributed by atoms with E-state index in [4.69, 9.17) is 21.6 Å². The third-order valence-corrected chi connectivity index (χ3v) is 4.87. The van der Waals surface area contributed by atoms with Crippen LogP contribution in [0.5, 0.6) is 0 Å². The first kappa shape index (κ1) is 22.2. The zero-order valence-corrected chi connectivity index (χ0v) is 17.4. The highest BCUT2D eigenvalue weighted by atomic mass is 35.5. The van der Waals surface area contributed by atoms with E-state index in [9.17, 15) is 14.4 Å². The number of esters is 1. The molecule has 2 aromatic rings. The number of amides is 1. The van der Waals surface area contributed by atoms with Crippen LogP contribution in [0.2, 0.25) is 5.02 Å². The highest BCUT2D eigenvalue weighted by Crippen LogP contribution is 2.20. The smallest absolute Gasteiger partial charge is 0.306 e. The zero-order valence-electron chi connectivity index (χ0n) is 16.7. The number of nitrogens with one attached hydrogen (secondary N) is 2. The number of carbonyl (C=O) groups is 2. The minimum atomic E-state index is -0.992. The van der Waals surface area contributed by atoms with E-state index in [2.05, 4.69) is 10.3 Å². The lowest BCUT2D eigenvalue weighted by molar-refractivity contribution is -0.153. The molecule has 0 bridgehead atoms. The quantitative estimate of drug-likeness (QED) is 0.702. The average Bonchev–Trinajstić information content (AvgIpc) is 2.64. The number of H-pyrrole nitrogens is 1. The number of ether oxygens (including phenoxy) is 1. The van der Waals surface area contributed by atoms with E-state index in [1.165, 1.54) is 6.92 Å². The van der Waals surface area contributed by atoms with Gasteiger partial charge in [0.1, 0.15) is 11.6 Å². The SMILES string of the molecule is Cc1ccc(Cl)cc1NC(=O)[C@@H](C)OC(=O)CCc1c(C)[nH]c(=O)c(C#N)c1C. The maximum Gasteiger partial charge on any atom is 0.306 e. The van der Waals surface area contributed by atoms with Crippen molar-refractivity contribution < 1.29 is 14.3 Å². The molecule has 0 unspecified atom stereocenters. The molecule has 1 atom stereocenters. The van der Waals surface area contributed by atoms with E-state index >= 15 is 0 Å². The summed E-state index contributed by atoms with van der Waals surface area (Å²) in [5.41, 5.74) is 2.82. The Labute approximate surface area is 173 Å². The molecular formula is C21H22ClN3O4. The van der Waals surface area contributed by atoms with Gasteiger partial charge < -0.3 is 15.0 Å². The van der Waals surface area contributed by atoms with Crippen molar-refractivity contribution in [2.75, 3.05) is 5.32 Å². The summed E-state index contributed by atoms with van der Waals surface area (Å²) in [4.78, 5) is 38.9. The second-order valence-electron chi connectivity index (χ2n) is 6.75. The van der Waals surface area contributed by atoms with Crippen molar-refractivity contribution in [1.82, 2.24) is 4.98 Å². The predicted octanol–water partition coefficient (Wildman–Crippen LogP) is 3.33. The molecule has 1 aromatic carbocycles. The fourth-order valence-electron chi connectivity index (χ4n) is 2.92. The van der Waals surface area contributed by atoms with Gasteiger partial charge in [-0.2, -0.15) is 5.26 Å². The molecule has 0 saturated heterocycles. The van der Waals surface area contributed by atoms with E-state index in [0.29, 0.717) is 27.5 Å². The number of aromatic nitrogens is 1. The molecular weight excluding hydrogens is 394 g/mol. The average molecular weight is 416 g/mol. The van der Waals surface area contributed by atoms with Crippen LogP contribution in [0.15, 0.2) is 23.0 Å². The molecule has 0 fully saturated rings. The first-order chi connectivity index (χ1) is 13.6. The molecule has 0 aliphatic rings. The normalized spacial score (nSPS) is 11.4. The Morgan fingerprint density at radius 1 is 1.31 bits per heavy atom. The Hall–Kier alpha value is -3.11. The summed E-state index contributed by atoms with van der Waals surface area (Å²) in [5.74, 6) is -1.02. The number of nitriles is 1. The third kappa shape index (κ3) is 5.46. The van der Waals surface area contributed by atoms with Crippen LogP contribution in [0.4, 0.5) is 5.69 Å². The van der Waals surface area contributed by atoms with E-state index in [-0.39, 0.29) is 18.4 Å². The lowest BCUT2D eigenvalue weighted by Gasteiger charge is -2.15. The van der Waals surface area contributed by atoms with Crippen LogP contribution in [-0.4, -0.2) is 23.0 Å². The standard InChI is InChI=1S/C21H22ClN3O4/c1-11-5-6-15(22)9-18(11)25-20(27)14(4)29-19(26)8-7-16-12(2)17(10-23)21(28)24-13(16)3/h5-6,9,14H,7-8H2,1-4H3,(H,24,28)(H,25,27)/t14-/m1/s1. The van der Waals surface area contributed by atoms with Crippen molar-refractivity contribution in [1.29, 1.82) is 5.26 Å². The van der Waals surface area contributed by atoms with E-state index in [1.807, 2.05) is 13.0 Å². The van der Waals surface area contributed by atoms with Crippen LogP contribution in [-0.2, 0) is 20.7 Å². The molecule has 1 heterocycles. The summed E-state index contributed by atoms with van der Waals surface area (Å²) in [5, 5.41) is 12.3. The summed E-state index contributed by atoms with van der Waals surface area (Å²) < 4.78 is 5.22. The summed E-state index contributed by atoms with van der Waals surface area (Å²) in [6.07, 6.45) is -0.704. The number of carbonyl (C=O) groups excluding carboxylic acids is 2. The number of rotatable bonds is 6. The van der Waals surface area contributed by atoms with Crippen LogP contribution in [0.1, 0.15) is 41.3 Å². The highest BCUT2D eigenvalue weighted by molar-refractivity contribution is 6.31. The van der Waals surface area contributed by atoms with Gasteiger partial charge in [0.05, 0.1) is 0 Å². The number of pyridine rings is 1. The minimum absolute atomic E-state index is 0.00635. The molecule has 2 rings (SSSR count). The van der Waals surface area contributed by atoms with Gasteiger partial charge in [-0.05, 0) is 62.9 Å². The Kier molecular flexibility index (Phi) is 7.18. The van der Waals surface area contributed by atoms with Gasteiger partial charge in [0.25, 0.3) is 11.5 Å². The molecule has 0 spiro atoms. The molecule has 1 aromatic heterocycles. The topological polar surface area (TPSA) is 112 Å². The van der Waals surface area contributed by atoms with Crippen LogP contribution in [0.3, 0.4) is 0 Å². The Bertz CT molecular complexity index is 1050. The number of anilines is 1. The lowest BCUT2D eigenvalue weighted by atomic mass is 9.99. The van der Waals surface area contributed by atoms with Gasteiger partial charge in [-0.3, -0.25) is 14.4 Å². The molecule has 29 heavy (non-hydrogen) atoms. The summed E-state index contributed by atoms with van der Waals surface area (Å²) in [7, 11) is 0. The second-order valence-corrected chi connectivity index (χ2v) is 7.19. The van der Waals surface area contributed by atoms with Gasteiger partial charge in [0.2, 0.25) is 0 Å². The molecule has 0 aliphatic carbocycles. The number of hydrogen-bond acceptors (Lipinski definition) is 5. The molecule has 8 heteroatoms. The number of hydrogen-bond donors (Lipinski definition) is 2. The summed E-state index contributed by atoms with van der Waals surface area (Å²) in [6.45, 7) is 6.69. The Morgan fingerprint density at radius 2 is 2.00 bits per heavy atom. The minimum Gasteiger partial charge on any atom is -0.453 e. The molecule has 0 saturated carbocycles. The van der Waals surface area contributed by atoms with Crippen LogP contribution >= 0.6 is 11.6 Å². The molecule has 152 valence electrons. The first-order valence-corrected chi connectivity index (χ1v) is 9.40.